The lowest BCUT2D eigenvalue weighted by Crippen LogP contribution is -2.58. The molecule has 1 aromatic heterocycles. The maximum atomic E-state index is 13.6. The number of aromatic hydroxyl groups is 1. The lowest BCUT2D eigenvalue weighted by molar-refractivity contribution is -0.142. The Bertz CT molecular complexity index is 1430. The number of nitrogens with zero attached hydrogens (tertiary/aromatic N) is 2. The molecular weight excluding hydrogens is 582 g/mol. The van der Waals surface area contributed by atoms with Gasteiger partial charge in [-0.05, 0) is 42.5 Å². The summed E-state index contributed by atoms with van der Waals surface area (Å²) >= 11 is 0. The number of benzene rings is 2. The number of carboxylic acids is 1. The van der Waals surface area contributed by atoms with E-state index < -0.39 is 47.9 Å². The predicted molar refractivity (Wildman–Crippen MR) is 166 cm³/mol. The standard InChI is InChI=1S/C30H39N9O6/c31-22(13-18-5-2-1-3-6-18)26(41)37-23(7-4-12-35-30(32)33)27(42)38-24(14-19-8-10-21(40)11-9-19)28(43)39-25(29(44)45)15-20-16-34-17-36-20/h1-3,5-6,8-11,16-17,22-25,40H,4,7,12-15,31H2,(H,34,36)(H,37,41)(H,38,42)(H,39,43)(H,44,45)(H4,32,33,35). The van der Waals surface area contributed by atoms with Crippen LogP contribution in [-0.4, -0.2) is 80.5 Å². The molecule has 15 heteroatoms. The Balaban J connectivity index is 1.79. The normalized spacial score (nSPS) is 13.4. The number of amides is 3. The third kappa shape index (κ3) is 11.6. The van der Waals surface area contributed by atoms with Crippen LogP contribution in [-0.2, 0) is 38.4 Å². The number of phenols is 1. The second-order valence-corrected chi connectivity index (χ2v) is 10.4. The van der Waals surface area contributed by atoms with Gasteiger partial charge in [0.25, 0.3) is 0 Å². The number of aromatic amines is 1. The van der Waals surface area contributed by atoms with Gasteiger partial charge >= 0.3 is 5.97 Å². The summed E-state index contributed by atoms with van der Waals surface area (Å²) in [5.74, 6) is -3.45. The van der Waals surface area contributed by atoms with Gasteiger partial charge in [0.1, 0.15) is 23.9 Å². The van der Waals surface area contributed by atoms with Gasteiger partial charge in [0, 0.05) is 31.3 Å². The molecule has 2 aromatic carbocycles. The van der Waals surface area contributed by atoms with Crippen LogP contribution in [0.15, 0.2) is 72.1 Å². The molecule has 0 radical (unpaired) electrons. The highest BCUT2D eigenvalue weighted by atomic mass is 16.4. The molecule has 0 saturated carbocycles. The summed E-state index contributed by atoms with van der Waals surface area (Å²) in [6.45, 7) is 0.184. The second kappa shape index (κ2) is 17.0. The Morgan fingerprint density at radius 1 is 0.822 bits per heavy atom. The van der Waals surface area contributed by atoms with E-state index in [0.29, 0.717) is 17.7 Å². The van der Waals surface area contributed by atoms with E-state index in [1.165, 1.54) is 24.7 Å². The first-order valence-corrected chi connectivity index (χ1v) is 14.3. The van der Waals surface area contributed by atoms with Crippen LogP contribution in [0.25, 0.3) is 0 Å². The smallest absolute Gasteiger partial charge is 0.326 e. The van der Waals surface area contributed by atoms with E-state index in [9.17, 15) is 29.4 Å². The first kappa shape index (κ1) is 34.1. The number of H-pyrrole nitrogens is 1. The van der Waals surface area contributed by atoms with Crippen molar-refractivity contribution in [2.24, 2.45) is 22.2 Å². The van der Waals surface area contributed by atoms with Gasteiger partial charge in [0.15, 0.2) is 5.96 Å². The van der Waals surface area contributed by atoms with Gasteiger partial charge in [-0.25, -0.2) is 9.78 Å². The number of aliphatic imine (C=N–C) groups is 1. The summed E-state index contributed by atoms with van der Waals surface area (Å²) in [7, 11) is 0. The molecule has 3 amide bonds. The number of nitrogens with two attached hydrogens (primary N) is 3. The highest BCUT2D eigenvalue weighted by Gasteiger charge is 2.31. The Labute approximate surface area is 259 Å². The number of guanidine groups is 1. The summed E-state index contributed by atoms with van der Waals surface area (Å²) in [5, 5.41) is 27.2. The molecule has 45 heavy (non-hydrogen) atoms. The predicted octanol–water partition coefficient (Wildman–Crippen LogP) is -0.937. The topological polar surface area (TPSA) is 264 Å². The van der Waals surface area contributed by atoms with Gasteiger partial charge < -0.3 is 48.3 Å². The average Bonchev–Trinajstić information content (AvgIpc) is 3.52. The summed E-state index contributed by atoms with van der Waals surface area (Å²) in [6.07, 6.45) is 3.35. The summed E-state index contributed by atoms with van der Waals surface area (Å²) in [4.78, 5) is 62.7. The molecule has 3 rings (SSSR count). The fraction of sp³-hybridized carbons (Fsp3) is 0.333. The Morgan fingerprint density at radius 3 is 2.07 bits per heavy atom. The zero-order chi connectivity index (χ0) is 32.8. The third-order valence-electron chi connectivity index (χ3n) is 6.82. The number of carbonyl (C=O) groups is 4. The number of nitrogens with one attached hydrogen (secondary N) is 4. The molecule has 4 atom stereocenters. The fourth-order valence-corrected chi connectivity index (χ4v) is 4.45. The van der Waals surface area contributed by atoms with Crippen molar-refractivity contribution in [3.63, 3.8) is 0 Å². The Kier molecular flexibility index (Phi) is 12.9. The average molecular weight is 622 g/mol. The summed E-state index contributed by atoms with van der Waals surface area (Å²) < 4.78 is 0. The Hall–Kier alpha value is -5.44. The van der Waals surface area contributed by atoms with E-state index in [1.54, 1.807) is 12.1 Å². The number of carbonyl (C=O) groups excluding carboxylic acids is 3. The summed E-state index contributed by atoms with van der Waals surface area (Å²) in [6, 6.07) is 10.5. The molecule has 0 bridgehead atoms. The number of hydrogen-bond acceptors (Lipinski definition) is 8. The number of aliphatic carboxylic acids is 1. The number of rotatable bonds is 17. The van der Waals surface area contributed by atoms with Crippen molar-refractivity contribution in [1.29, 1.82) is 0 Å². The van der Waals surface area contributed by atoms with E-state index in [-0.39, 0.29) is 43.9 Å². The van der Waals surface area contributed by atoms with Crippen LogP contribution < -0.4 is 33.2 Å². The molecule has 0 spiro atoms. The molecule has 1 heterocycles. The zero-order valence-electron chi connectivity index (χ0n) is 24.6. The maximum Gasteiger partial charge on any atom is 0.326 e. The first-order valence-electron chi connectivity index (χ1n) is 14.3. The molecule has 240 valence electrons. The number of imidazole rings is 1. The molecule has 0 aliphatic heterocycles. The highest BCUT2D eigenvalue weighted by Crippen LogP contribution is 2.13. The quantitative estimate of drug-likeness (QED) is 0.0507. The van der Waals surface area contributed by atoms with E-state index in [1.807, 2.05) is 30.3 Å². The van der Waals surface area contributed by atoms with Gasteiger partial charge in [0.05, 0.1) is 12.4 Å². The maximum absolute atomic E-state index is 13.6. The van der Waals surface area contributed by atoms with E-state index in [2.05, 4.69) is 30.9 Å². The zero-order valence-corrected chi connectivity index (χ0v) is 24.6. The first-order chi connectivity index (χ1) is 21.5. The van der Waals surface area contributed by atoms with Crippen LogP contribution in [0.3, 0.4) is 0 Å². The molecular formula is C30H39N9O6. The molecule has 4 unspecified atom stereocenters. The van der Waals surface area contributed by atoms with Gasteiger partial charge in [-0.1, -0.05) is 42.5 Å². The molecule has 3 aromatic rings. The monoisotopic (exact) mass is 621 g/mol. The second-order valence-electron chi connectivity index (χ2n) is 10.4. The van der Waals surface area contributed by atoms with Crippen molar-refractivity contribution in [1.82, 2.24) is 25.9 Å². The van der Waals surface area contributed by atoms with Crippen molar-refractivity contribution >= 4 is 29.7 Å². The molecule has 0 aliphatic rings. The number of phenolic OH excluding ortho intramolecular Hbond substituents is 1. The largest absolute Gasteiger partial charge is 0.508 e. The minimum atomic E-state index is -1.33. The van der Waals surface area contributed by atoms with Crippen molar-refractivity contribution < 1.29 is 29.4 Å². The lowest BCUT2D eigenvalue weighted by atomic mass is 10.0. The van der Waals surface area contributed by atoms with Crippen LogP contribution >= 0.6 is 0 Å². The lowest BCUT2D eigenvalue weighted by Gasteiger charge is -2.25. The van der Waals surface area contributed by atoms with Gasteiger partial charge in [-0.2, -0.15) is 0 Å². The molecule has 0 saturated heterocycles. The van der Waals surface area contributed by atoms with Crippen molar-refractivity contribution in [2.75, 3.05) is 6.54 Å². The minimum Gasteiger partial charge on any atom is -0.508 e. The SMILES string of the molecule is NC(N)=NCCCC(NC(=O)C(N)Cc1ccccc1)C(=O)NC(Cc1ccc(O)cc1)C(=O)NC(Cc1cnc[nH]1)C(=O)O. The van der Waals surface area contributed by atoms with Crippen molar-refractivity contribution in [3.05, 3.63) is 83.9 Å². The van der Waals surface area contributed by atoms with Gasteiger partial charge in [-0.3, -0.25) is 19.4 Å². The number of hydrogen-bond donors (Lipinski definition) is 9. The fourth-order valence-electron chi connectivity index (χ4n) is 4.45. The van der Waals surface area contributed by atoms with E-state index in [4.69, 9.17) is 17.2 Å². The van der Waals surface area contributed by atoms with E-state index in [0.717, 1.165) is 5.56 Å². The van der Waals surface area contributed by atoms with Crippen LogP contribution in [0.4, 0.5) is 0 Å². The van der Waals surface area contributed by atoms with Crippen LogP contribution in [0.2, 0.25) is 0 Å². The van der Waals surface area contributed by atoms with Crippen molar-refractivity contribution in [2.45, 2.75) is 56.3 Å². The van der Waals surface area contributed by atoms with Crippen LogP contribution in [0, 0.1) is 0 Å². The van der Waals surface area contributed by atoms with Gasteiger partial charge in [-0.15, -0.1) is 0 Å². The van der Waals surface area contributed by atoms with Crippen LogP contribution in [0.5, 0.6) is 5.75 Å². The summed E-state index contributed by atoms with van der Waals surface area (Å²) in [5.41, 5.74) is 18.8. The van der Waals surface area contributed by atoms with Crippen LogP contribution in [0.1, 0.15) is 29.7 Å². The molecule has 0 fully saturated rings. The van der Waals surface area contributed by atoms with Gasteiger partial charge in [0.2, 0.25) is 17.7 Å². The highest BCUT2D eigenvalue weighted by molar-refractivity contribution is 5.94. The molecule has 0 aliphatic carbocycles. The molecule has 15 nitrogen and oxygen atoms in total. The van der Waals surface area contributed by atoms with Crippen molar-refractivity contribution in [3.8, 4) is 5.75 Å². The minimum absolute atomic E-state index is 0.00433. The third-order valence-corrected chi connectivity index (χ3v) is 6.82. The van der Waals surface area contributed by atoms with E-state index >= 15 is 0 Å². The molecule has 12 N–H and O–H groups in total. The number of aromatic nitrogens is 2. The Morgan fingerprint density at radius 2 is 1.44 bits per heavy atom. The number of carboxylic acid groups (broad SMARTS) is 1.